The number of carboxylic acids is 1. The van der Waals surface area contributed by atoms with Gasteiger partial charge in [0, 0.05) is 0 Å². The van der Waals surface area contributed by atoms with Gasteiger partial charge in [0.1, 0.15) is 11.4 Å². The maximum Gasteiger partial charge on any atom is 0.335 e. The van der Waals surface area contributed by atoms with Crippen LogP contribution < -0.4 is 9.30 Å². The Kier molecular flexibility index (Phi) is 4.35. The van der Waals surface area contributed by atoms with E-state index in [0.29, 0.717) is 10.6 Å². The van der Waals surface area contributed by atoms with Gasteiger partial charge in [0.2, 0.25) is 6.33 Å². The summed E-state index contributed by atoms with van der Waals surface area (Å²) in [7, 11) is 1.61. The summed E-state index contributed by atoms with van der Waals surface area (Å²) in [5.74, 6) is 0.438. The van der Waals surface area contributed by atoms with Gasteiger partial charge in [0.25, 0.3) is 5.82 Å². The average Bonchev–Trinajstić information content (AvgIpc) is 2.62. The third-order valence-electron chi connectivity index (χ3n) is 3.50. The van der Waals surface area contributed by atoms with Crippen LogP contribution in [0.1, 0.15) is 10.4 Å². The van der Waals surface area contributed by atoms with Gasteiger partial charge in [-0.1, -0.05) is 4.98 Å². The van der Waals surface area contributed by atoms with Gasteiger partial charge in [0.15, 0.2) is 0 Å². The van der Waals surface area contributed by atoms with Gasteiger partial charge in [-0.3, -0.25) is 0 Å². The summed E-state index contributed by atoms with van der Waals surface area (Å²) in [4.78, 5) is 18.4. The predicted molar refractivity (Wildman–Crippen MR) is 89.9 cm³/mol. The van der Waals surface area contributed by atoms with E-state index in [2.05, 4.69) is 9.97 Å². The fourth-order valence-corrected chi connectivity index (χ4v) is 2.46. The highest BCUT2D eigenvalue weighted by Gasteiger charge is 2.11. The van der Waals surface area contributed by atoms with E-state index in [-0.39, 0.29) is 5.56 Å². The van der Waals surface area contributed by atoms with Gasteiger partial charge >= 0.3 is 10.7 Å². The Morgan fingerprint density at radius 2 is 1.83 bits per heavy atom. The van der Waals surface area contributed by atoms with E-state index in [1.165, 1.54) is 12.1 Å². The lowest BCUT2D eigenvalue weighted by Crippen LogP contribution is -2.33. The van der Waals surface area contributed by atoms with E-state index in [9.17, 15) is 4.79 Å². The Bertz CT molecular complexity index is 935. The number of ether oxygens (including phenoxy) is 1. The van der Waals surface area contributed by atoms with Crippen LogP contribution in [0, 0.1) is 4.77 Å². The van der Waals surface area contributed by atoms with Crippen LogP contribution in [0.2, 0.25) is 0 Å². The molecule has 0 bridgehead atoms. The van der Waals surface area contributed by atoms with Crippen LogP contribution in [-0.2, 0) is 0 Å². The minimum Gasteiger partial charge on any atom is -0.497 e. The first kappa shape index (κ1) is 15.8. The van der Waals surface area contributed by atoms with Crippen LogP contribution in [0.3, 0.4) is 0 Å². The second-order valence-electron chi connectivity index (χ2n) is 4.97. The molecule has 0 fully saturated rings. The van der Waals surface area contributed by atoms with Crippen LogP contribution in [0.4, 0.5) is 0 Å². The smallest absolute Gasteiger partial charge is 0.335 e. The molecule has 1 aromatic heterocycles. The molecule has 0 atom stereocenters. The zero-order valence-corrected chi connectivity index (χ0v) is 13.6. The van der Waals surface area contributed by atoms with Crippen LogP contribution in [0.25, 0.3) is 17.1 Å². The summed E-state index contributed by atoms with van der Waals surface area (Å²) in [6, 6.07) is 13.9. The van der Waals surface area contributed by atoms with Gasteiger partial charge in [-0.2, -0.15) is 4.57 Å². The highest BCUT2D eigenvalue weighted by atomic mass is 32.1. The number of nitrogens with one attached hydrogen (secondary N) is 1. The van der Waals surface area contributed by atoms with Crippen LogP contribution in [0.15, 0.2) is 54.9 Å². The number of carbonyl (C=O) groups is 1. The number of H-pyrrole nitrogens is 1. The Morgan fingerprint density at radius 1 is 1.17 bits per heavy atom. The molecule has 0 saturated carbocycles. The molecule has 0 aliphatic rings. The maximum atomic E-state index is 10.9. The number of hydrogen-bond donors (Lipinski definition) is 2. The monoisotopic (exact) mass is 340 g/mol. The van der Waals surface area contributed by atoms with Crippen molar-refractivity contribution in [3.05, 3.63) is 65.2 Å². The maximum absolute atomic E-state index is 10.9. The Balaban J connectivity index is 1.94. The van der Waals surface area contributed by atoms with Crippen molar-refractivity contribution in [1.29, 1.82) is 0 Å². The van der Waals surface area contributed by atoms with Crippen molar-refractivity contribution in [2.24, 2.45) is 0 Å². The van der Waals surface area contributed by atoms with Gasteiger partial charge in [-0.15, -0.1) is 0 Å². The van der Waals surface area contributed by atoms with Crippen molar-refractivity contribution in [2.45, 2.75) is 0 Å². The largest absolute Gasteiger partial charge is 0.497 e. The molecule has 0 amide bonds. The number of benzene rings is 2. The third-order valence-corrected chi connectivity index (χ3v) is 3.80. The molecule has 0 saturated heterocycles. The van der Waals surface area contributed by atoms with Gasteiger partial charge in [-0.25, -0.2) is 9.78 Å². The standard InChI is InChI=1S/C17H13N3O3S/c1-23-14-8-4-11(5-9-14)15-18-10-20(17(24)19-15)13-6-2-12(3-7-13)16(21)22/h2-10H,1H3,(H,21,22)/p+1. The summed E-state index contributed by atoms with van der Waals surface area (Å²) in [5, 5.41) is 8.95. The molecule has 0 aliphatic heterocycles. The zero-order valence-electron chi connectivity index (χ0n) is 12.8. The molecule has 2 aromatic carbocycles. The molecule has 7 heteroatoms. The van der Waals surface area contributed by atoms with Gasteiger partial charge < -0.3 is 9.84 Å². The van der Waals surface area contributed by atoms with Gasteiger partial charge in [-0.05, 0) is 60.7 Å². The average molecular weight is 340 g/mol. The molecule has 24 heavy (non-hydrogen) atoms. The third kappa shape index (κ3) is 3.16. The Hall–Kier alpha value is -3.06. The number of carboxylic acid groups (broad SMARTS) is 1. The summed E-state index contributed by atoms with van der Waals surface area (Å²) in [6.45, 7) is 0. The van der Waals surface area contributed by atoms with Gasteiger partial charge in [0.05, 0.1) is 18.2 Å². The first-order valence-corrected chi connectivity index (χ1v) is 7.48. The van der Waals surface area contributed by atoms with Crippen LogP contribution in [0.5, 0.6) is 5.75 Å². The fraction of sp³-hybridized carbons (Fsp3) is 0.0588. The van der Waals surface area contributed by atoms with E-state index in [4.69, 9.17) is 22.1 Å². The van der Waals surface area contributed by atoms with E-state index in [0.717, 1.165) is 17.0 Å². The molecule has 2 N–H and O–H groups in total. The van der Waals surface area contributed by atoms with Crippen molar-refractivity contribution < 1.29 is 19.2 Å². The molecule has 3 rings (SSSR count). The predicted octanol–water partition coefficient (Wildman–Crippen LogP) is 2.79. The van der Waals surface area contributed by atoms with Crippen molar-refractivity contribution in [1.82, 2.24) is 9.97 Å². The van der Waals surface area contributed by atoms with E-state index in [1.54, 1.807) is 30.1 Å². The molecule has 120 valence electrons. The number of nitrogens with zero attached hydrogens (tertiary/aromatic N) is 2. The number of rotatable bonds is 4. The molecule has 0 spiro atoms. The quantitative estimate of drug-likeness (QED) is 0.564. The van der Waals surface area contributed by atoms with Crippen molar-refractivity contribution in [3.63, 3.8) is 0 Å². The van der Waals surface area contributed by atoms with E-state index in [1.807, 2.05) is 24.3 Å². The molecule has 6 nitrogen and oxygen atoms in total. The second kappa shape index (κ2) is 6.59. The summed E-state index contributed by atoms with van der Waals surface area (Å²) < 4.78 is 7.27. The Morgan fingerprint density at radius 3 is 2.38 bits per heavy atom. The highest BCUT2D eigenvalue weighted by Crippen LogP contribution is 2.18. The fourth-order valence-electron chi connectivity index (χ4n) is 2.21. The van der Waals surface area contributed by atoms with Crippen molar-refractivity contribution in [3.8, 4) is 22.8 Å². The first-order valence-electron chi connectivity index (χ1n) is 7.07. The molecule has 3 aromatic rings. The normalized spacial score (nSPS) is 10.4. The summed E-state index contributed by atoms with van der Waals surface area (Å²) >= 11 is 5.38. The minimum atomic E-state index is -0.968. The lowest BCUT2D eigenvalue weighted by Gasteiger charge is -2.03. The minimum absolute atomic E-state index is 0.220. The molecular formula is C17H14N3O3S+. The molecule has 0 aliphatic carbocycles. The van der Waals surface area contributed by atoms with Crippen molar-refractivity contribution >= 4 is 18.2 Å². The lowest BCUT2D eigenvalue weighted by atomic mass is 10.2. The SMILES string of the molecule is COc1ccc(-c2nc[n+](-c3ccc(C(=O)O)cc3)c(=S)[nH]2)cc1. The van der Waals surface area contributed by atoms with Crippen LogP contribution in [-0.4, -0.2) is 28.2 Å². The number of aromatic nitrogens is 3. The number of aromatic carboxylic acids is 1. The van der Waals surface area contributed by atoms with Crippen molar-refractivity contribution in [2.75, 3.05) is 7.11 Å². The molecule has 0 radical (unpaired) electrons. The second-order valence-corrected chi connectivity index (χ2v) is 5.36. The van der Waals surface area contributed by atoms with E-state index >= 15 is 0 Å². The molecule has 1 heterocycles. The Labute approximate surface area is 143 Å². The lowest BCUT2D eigenvalue weighted by molar-refractivity contribution is -0.609. The topological polar surface area (TPSA) is 79.1 Å². The number of methoxy groups -OCH3 is 1. The number of aromatic amines is 1. The van der Waals surface area contributed by atoms with Crippen LogP contribution >= 0.6 is 12.2 Å². The number of hydrogen-bond acceptors (Lipinski definition) is 4. The summed E-state index contributed by atoms with van der Waals surface area (Å²) in [5.41, 5.74) is 1.84. The summed E-state index contributed by atoms with van der Waals surface area (Å²) in [6.07, 6.45) is 1.61. The first-order chi connectivity index (χ1) is 11.6. The molecule has 0 unspecified atom stereocenters. The highest BCUT2D eigenvalue weighted by molar-refractivity contribution is 7.71. The van der Waals surface area contributed by atoms with E-state index < -0.39 is 5.97 Å². The molecular weight excluding hydrogens is 326 g/mol. The zero-order chi connectivity index (χ0) is 17.1.